The molecule has 5 heteroatoms. The van der Waals surface area contributed by atoms with Crippen LogP contribution in [0.2, 0.25) is 5.02 Å². The average Bonchev–Trinajstić information content (AvgIpc) is 1.84. The average molecular weight is 163 g/mol. The summed E-state index contributed by atoms with van der Waals surface area (Å²) in [7, 11) is 0. The standard InChI is InChI=1S/C5H4ClFN2O/c6-2-1-3(7)4(8)9-5(2)10/h1H,(H3,8,9,10). The number of pyridine rings is 1. The van der Waals surface area contributed by atoms with E-state index in [1.54, 1.807) is 0 Å². The van der Waals surface area contributed by atoms with Crippen molar-refractivity contribution in [1.82, 2.24) is 4.98 Å². The minimum atomic E-state index is -0.718. The molecule has 0 aliphatic rings. The van der Waals surface area contributed by atoms with Gasteiger partial charge in [0.1, 0.15) is 10.8 Å². The molecule has 0 radical (unpaired) electrons. The first-order valence-electron chi connectivity index (χ1n) is 2.45. The SMILES string of the molecule is Nc1[nH]c(=O)c(Cl)cc1F. The number of nitrogens with two attached hydrogens (primary N) is 1. The Morgan fingerprint density at radius 3 is 2.80 bits per heavy atom. The topological polar surface area (TPSA) is 58.9 Å². The Morgan fingerprint density at radius 1 is 1.70 bits per heavy atom. The van der Waals surface area contributed by atoms with Gasteiger partial charge in [-0.1, -0.05) is 11.6 Å². The molecule has 1 aromatic heterocycles. The summed E-state index contributed by atoms with van der Waals surface area (Å²) in [6.45, 7) is 0. The molecule has 0 spiro atoms. The van der Waals surface area contributed by atoms with E-state index in [1.807, 2.05) is 4.98 Å². The monoisotopic (exact) mass is 162 g/mol. The zero-order valence-electron chi connectivity index (χ0n) is 4.82. The molecule has 0 aliphatic heterocycles. The van der Waals surface area contributed by atoms with Gasteiger partial charge in [0.15, 0.2) is 5.82 Å². The third-order valence-electron chi connectivity index (χ3n) is 0.976. The summed E-state index contributed by atoms with van der Waals surface area (Å²) < 4.78 is 12.4. The molecule has 0 aromatic carbocycles. The van der Waals surface area contributed by atoms with Crippen molar-refractivity contribution in [3.63, 3.8) is 0 Å². The summed E-state index contributed by atoms with van der Waals surface area (Å²) >= 11 is 5.25. The highest BCUT2D eigenvalue weighted by Crippen LogP contribution is 2.07. The minimum absolute atomic E-state index is 0.202. The van der Waals surface area contributed by atoms with Gasteiger partial charge in [0, 0.05) is 6.07 Å². The van der Waals surface area contributed by atoms with Crippen LogP contribution in [-0.4, -0.2) is 4.98 Å². The lowest BCUT2D eigenvalue weighted by Gasteiger charge is -1.93. The van der Waals surface area contributed by atoms with Gasteiger partial charge in [-0.3, -0.25) is 4.79 Å². The van der Waals surface area contributed by atoms with Crippen molar-refractivity contribution in [2.75, 3.05) is 5.73 Å². The zero-order valence-corrected chi connectivity index (χ0v) is 5.57. The Balaban J connectivity index is 3.43. The summed E-state index contributed by atoms with van der Waals surface area (Å²) in [5, 5.41) is -0.202. The normalized spacial score (nSPS) is 9.80. The fraction of sp³-hybridized carbons (Fsp3) is 0. The van der Waals surface area contributed by atoms with Crippen LogP contribution in [0.3, 0.4) is 0 Å². The van der Waals surface area contributed by atoms with E-state index in [2.05, 4.69) is 0 Å². The highest BCUT2D eigenvalue weighted by Gasteiger charge is 2.01. The molecular formula is C5H4ClFN2O. The maximum atomic E-state index is 12.4. The molecule has 0 fully saturated rings. The van der Waals surface area contributed by atoms with Gasteiger partial charge in [-0.05, 0) is 0 Å². The fourth-order valence-corrected chi connectivity index (χ4v) is 0.639. The van der Waals surface area contributed by atoms with Crippen LogP contribution in [0.4, 0.5) is 10.2 Å². The molecule has 0 atom stereocenters. The molecule has 1 rings (SSSR count). The lowest BCUT2D eigenvalue weighted by Crippen LogP contribution is -2.10. The van der Waals surface area contributed by atoms with Crippen LogP contribution >= 0.6 is 11.6 Å². The number of nitrogen functional groups attached to an aromatic ring is 1. The number of halogens is 2. The zero-order chi connectivity index (χ0) is 7.72. The van der Waals surface area contributed by atoms with Crippen LogP contribution in [0, 0.1) is 5.82 Å². The fourth-order valence-electron chi connectivity index (χ4n) is 0.496. The van der Waals surface area contributed by atoms with E-state index in [9.17, 15) is 9.18 Å². The second kappa shape index (κ2) is 2.30. The Morgan fingerprint density at radius 2 is 2.30 bits per heavy atom. The number of hydrogen-bond donors (Lipinski definition) is 2. The van der Waals surface area contributed by atoms with Gasteiger partial charge in [0.05, 0.1) is 0 Å². The minimum Gasteiger partial charge on any atom is -0.383 e. The number of hydrogen-bond acceptors (Lipinski definition) is 2. The Kier molecular flexibility index (Phi) is 1.63. The van der Waals surface area contributed by atoms with Crippen LogP contribution < -0.4 is 11.3 Å². The lowest BCUT2D eigenvalue weighted by atomic mass is 10.4. The van der Waals surface area contributed by atoms with Crippen LogP contribution in [0.15, 0.2) is 10.9 Å². The molecule has 0 aliphatic carbocycles. The van der Waals surface area contributed by atoms with Gasteiger partial charge < -0.3 is 10.7 Å². The van der Waals surface area contributed by atoms with Crippen molar-refractivity contribution < 1.29 is 4.39 Å². The Hall–Kier alpha value is -1.03. The Labute approximate surface area is 60.6 Å². The van der Waals surface area contributed by atoms with E-state index in [0.717, 1.165) is 6.07 Å². The molecule has 0 bridgehead atoms. The van der Waals surface area contributed by atoms with Gasteiger partial charge in [-0.15, -0.1) is 0 Å². The van der Waals surface area contributed by atoms with E-state index in [1.165, 1.54) is 0 Å². The predicted molar refractivity (Wildman–Crippen MR) is 36.4 cm³/mol. The molecule has 10 heavy (non-hydrogen) atoms. The molecular weight excluding hydrogens is 159 g/mol. The van der Waals surface area contributed by atoms with Crippen molar-refractivity contribution in [2.24, 2.45) is 0 Å². The van der Waals surface area contributed by atoms with Gasteiger partial charge in [0.25, 0.3) is 5.56 Å². The Bertz CT molecular complexity index is 309. The van der Waals surface area contributed by atoms with E-state index >= 15 is 0 Å². The molecule has 3 nitrogen and oxygen atoms in total. The lowest BCUT2D eigenvalue weighted by molar-refractivity contribution is 0.626. The molecule has 3 N–H and O–H groups in total. The summed E-state index contributed by atoms with van der Waals surface area (Å²) in [4.78, 5) is 12.6. The summed E-state index contributed by atoms with van der Waals surface area (Å²) in [6, 6.07) is 0.871. The van der Waals surface area contributed by atoms with Crippen molar-refractivity contribution in [3.8, 4) is 0 Å². The molecule has 0 unspecified atom stereocenters. The maximum Gasteiger partial charge on any atom is 0.268 e. The predicted octanol–water partition coefficient (Wildman–Crippen LogP) is 0.750. The van der Waals surface area contributed by atoms with E-state index in [0.29, 0.717) is 0 Å². The van der Waals surface area contributed by atoms with Gasteiger partial charge in [-0.2, -0.15) is 0 Å². The van der Waals surface area contributed by atoms with Crippen molar-refractivity contribution in [1.29, 1.82) is 0 Å². The number of aromatic nitrogens is 1. The highest BCUT2D eigenvalue weighted by molar-refractivity contribution is 6.30. The molecule has 1 heterocycles. The number of H-pyrrole nitrogens is 1. The molecule has 54 valence electrons. The third-order valence-corrected chi connectivity index (χ3v) is 1.26. The van der Waals surface area contributed by atoms with Crippen LogP contribution in [0.1, 0.15) is 0 Å². The quantitative estimate of drug-likeness (QED) is 0.592. The van der Waals surface area contributed by atoms with Gasteiger partial charge in [0.2, 0.25) is 0 Å². The van der Waals surface area contributed by atoms with Crippen molar-refractivity contribution in [3.05, 3.63) is 27.3 Å². The first-order valence-corrected chi connectivity index (χ1v) is 2.83. The first-order chi connectivity index (χ1) is 4.61. The highest BCUT2D eigenvalue weighted by atomic mass is 35.5. The maximum absolute atomic E-state index is 12.4. The number of anilines is 1. The summed E-state index contributed by atoms with van der Waals surface area (Å²) in [5.41, 5.74) is 4.42. The largest absolute Gasteiger partial charge is 0.383 e. The number of aromatic amines is 1. The number of nitrogens with one attached hydrogen (secondary N) is 1. The molecule has 0 saturated carbocycles. The van der Waals surface area contributed by atoms with Crippen LogP contribution in [0.25, 0.3) is 0 Å². The first kappa shape index (κ1) is 7.08. The van der Waals surface area contributed by atoms with Crippen molar-refractivity contribution in [2.45, 2.75) is 0 Å². The van der Waals surface area contributed by atoms with Gasteiger partial charge in [-0.25, -0.2) is 4.39 Å². The van der Waals surface area contributed by atoms with Crippen LogP contribution in [-0.2, 0) is 0 Å². The second-order valence-electron chi connectivity index (χ2n) is 1.71. The van der Waals surface area contributed by atoms with E-state index in [4.69, 9.17) is 17.3 Å². The summed E-state index contributed by atoms with van der Waals surface area (Å²) in [5.74, 6) is -1.01. The van der Waals surface area contributed by atoms with Crippen molar-refractivity contribution >= 4 is 17.4 Å². The molecule has 0 amide bonds. The van der Waals surface area contributed by atoms with Gasteiger partial charge >= 0.3 is 0 Å². The molecule has 1 aromatic rings. The van der Waals surface area contributed by atoms with Crippen LogP contribution in [0.5, 0.6) is 0 Å². The molecule has 0 saturated heterocycles. The van der Waals surface area contributed by atoms with E-state index < -0.39 is 11.4 Å². The number of rotatable bonds is 0. The third kappa shape index (κ3) is 1.11. The second-order valence-corrected chi connectivity index (χ2v) is 2.12. The smallest absolute Gasteiger partial charge is 0.268 e. The summed E-state index contributed by atoms with van der Waals surface area (Å²) in [6.07, 6.45) is 0. The van der Waals surface area contributed by atoms with E-state index in [-0.39, 0.29) is 10.8 Å².